The number of fused-ring (bicyclic) bond motifs is 1. The fraction of sp³-hybridized carbons (Fsp3) is 0.0833. The van der Waals surface area contributed by atoms with Gasteiger partial charge in [-0.15, -0.1) is 9.73 Å². The maximum atomic E-state index is 12.0. The molecular formula is C12H9N5O. The van der Waals surface area contributed by atoms with E-state index >= 15 is 0 Å². The molecule has 0 saturated carbocycles. The van der Waals surface area contributed by atoms with Crippen molar-refractivity contribution in [3.05, 3.63) is 53.7 Å². The second kappa shape index (κ2) is 4.33. The van der Waals surface area contributed by atoms with E-state index in [1.807, 2.05) is 18.2 Å². The van der Waals surface area contributed by atoms with E-state index in [2.05, 4.69) is 20.6 Å². The van der Waals surface area contributed by atoms with Gasteiger partial charge in [-0.05, 0) is 22.6 Å². The summed E-state index contributed by atoms with van der Waals surface area (Å²) in [4.78, 5) is 12.0. The van der Waals surface area contributed by atoms with E-state index in [1.165, 1.54) is 4.63 Å². The molecule has 3 rings (SSSR count). The molecule has 3 aromatic rings. The van der Waals surface area contributed by atoms with Crippen LogP contribution in [0.5, 0.6) is 0 Å². The van der Waals surface area contributed by atoms with Crippen molar-refractivity contribution < 1.29 is 4.79 Å². The first-order valence-corrected chi connectivity index (χ1v) is 5.45. The molecule has 0 spiro atoms. The van der Waals surface area contributed by atoms with Gasteiger partial charge in [0.05, 0.1) is 12.1 Å². The first-order valence-electron chi connectivity index (χ1n) is 5.45. The van der Waals surface area contributed by atoms with Crippen LogP contribution in [0.25, 0.3) is 5.65 Å². The highest BCUT2D eigenvalue weighted by molar-refractivity contribution is 5.97. The summed E-state index contributed by atoms with van der Waals surface area (Å²) in [6.07, 6.45) is 0.236. The number of carbonyl (C=O) groups is 1. The Morgan fingerprint density at radius 2 is 1.94 bits per heavy atom. The smallest absolute Gasteiger partial charge is 0.199 e. The van der Waals surface area contributed by atoms with Crippen molar-refractivity contribution in [2.75, 3.05) is 0 Å². The predicted molar refractivity (Wildman–Crippen MR) is 63.1 cm³/mol. The monoisotopic (exact) mass is 239 g/mol. The molecule has 0 fully saturated rings. The van der Waals surface area contributed by atoms with E-state index < -0.39 is 0 Å². The maximum absolute atomic E-state index is 12.0. The third kappa shape index (κ3) is 1.95. The minimum absolute atomic E-state index is 0.0236. The summed E-state index contributed by atoms with van der Waals surface area (Å²) in [6.45, 7) is 0. The molecule has 0 bridgehead atoms. The van der Waals surface area contributed by atoms with Gasteiger partial charge in [0.25, 0.3) is 0 Å². The zero-order valence-electron chi connectivity index (χ0n) is 9.39. The lowest BCUT2D eigenvalue weighted by Crippen LogP contribution is -2.07. The van der Waals surface area contributed by atoms with Gasteiger partial charge in [0.2, 0.25) is 0 Å². The van der Waals surface area contributed by atoms with Crippen LogP contribution in [0.3, 0.4) is 0 Å². The quantitative estimate of drug-likeness (QED) is 0.636. The second-order valence-electron chi connectivity index (χ2n) is 3.82. The topological polar surface area (TPSA) is 73.0 Å². The predicted octanol–water partition coefficient (Wildman–Crippen LogP) is 0.945. The number of hydrogen-bond donors (Lipinski definition) is 0. The Hall–Kier alpha value is -2.63. The number of nitrogens with zero attached hydrogens (tertiary/aromatic N) is 5. The molecule has 2 heterocycles. The summed E-state index contributed by atoms with van der Waals surface area (Å²) >= 11 is 0. The molecule has 6 heteroatoms. The van der Waals surface area contributed by atoms with Crippen molar-refractivity contribution in [1.29, 1.82) is 0 Å². The number of tetrazole rings is 1. The Labute approximate surface area is 102 Å². The fourth-order valence-electron chi connectivity index (χ4n) is 1.67. The fourth-order valence-corrected chi connectivity index (χ4v) is 1.67. The Bertz CT molecular complexity index is 692. The molecule has 18 heavy (non-hydrogen) atoms. The Kier molecular flexibility index (Phi) is 2.53. The summed E-state index contributed by atoms with van der Waals surface area (Å²) in [6, 6.07) is 12.6. The van der Waals surface area contributed by atoms with E-state index in [0.29, 0.717) is 16.9 Å². The number of benzene rings is 1. The molecule has 6 nitrogen and oxygen atoms in total. The van der Waals surface area contributed by atoms with Gasteiger partial charge < -0.3 is 0 Å². The van der Waals surface area contributed by atoms with Gasteiger partial charge in [-0.1, -0.05) is 30.3 Å². The van der Waals surface area contributed by atoms with Crippen LogP contribution < -0.4 is 0 Å². The van der Waals surface area contributed by atoms with Gasteiger partial charge in [0.1, 0.15) is 0 Å². The summed E-state index contributed by atoms with van der Waals surface area (Å²) in [5.74, 6) is 0.0236. The van der Waals surface area contributed by atoms with Crippen LogP contribution in [-0.2, 0) is 6.42 Å². The molecule has 0 unspecified atom stereocenters. The highest BCUT2D eigenvalue weighted by Crippen LogP contribution is 2.06. The summed E-state index contributed by atoms with van der Waals surface area (Å²) in [5.41, 5.74) is 1.88. The van der Waals surface area contributed by atoms with Gasteiger partial charge in [-0.3, -0.25) is 4.79 Å². The van der Waals surface area contributed by atoms with E-state index in [1.54, 1.807) is 24.3 Å². The van der Waals surface area contributed by atoms with Crippen LogP contribution in [0.1, 0.15) is 16.1 Å². The van der Waals surface area contributed by atoms with Crippen LogP contribution in [0.4, 0.5) is 0 Å². The van der Waals surface area contributed by atoms with Gasteiger partial charge in [0.15, 0.2) is 11.4 Å². The van der Waals surface area contributed by atoms with Crippen molar-refractivity contribution in [2.24, 2.45) is 0 Å². The van der Waals surface area contributed by atoms with E-state index in [4.69, 9.17) is 0 Å². The molecule has 1 aromatic carbocycles. The van der Waals surface area contributed by atoms with Crippen molar-refractivity contribution in [1.82, 2.24) is 25.3 Å². The Morgan fingerprint density at radius 3 is 2.78 bits per heavy atom. The van der Waals surface area contributed by atoms with E-state index in [0.717, 1.165) is 0 Å². The third-order valence-electron chi connectivity index (χ3n) is 2.56. The molecule has 2 aromatic heterocycles. The highest BCUT2D eigenvalue weighted by Gasteiger charge is 2.08. The van der Waals surface area contributed by atoms with Crippen molar-refractivity contribution in [3.8, 4) is 0 Å². The Balaban J connectivity index is 1.86. The van der Waals surface area contributed by atoms with E-state index in [9.17, 15) is 4.79 Å². The average Bonchev–Trinajstić information content (AvgIpc) is 2.87. The molecule has 0 amide bonds. The largest absolute Gasteiger partial charge is 0.294 e. The zero-order chi connectivity index (χ0) is 12.4. The number of ketones is 1. The van der Waals surface area contributed by atoms with Gasteiger partial charge in [0, 0.05) is 5.56 Å². The molecule has 0 saturated heterocycles. The second-order valence-corrected chi connectivity index (χ2v) is 3.82. The van der Waals surface area contributed by atoms with Crippen LogP contribution in [0, 0.1) is 0 Å². The first kappa shape index (κ1) is 10.5. The summed E-state index contributed by atoms with van der Waals surface area (Å²) in [7, 11) is 0. The number of carbonyl (C=O) groups excluding carboxylic acids is 1. The van der Waals surface area contributed by atoms with Crippen LogP contribution >= 0.6 is 0 Å². The van der Waals surface area contributed by atoms with Crippen LogP contribution in [0.2, 0.25) is 0 Å². The van der Waals surface area contributed by atoms with Crippen LogP contribution in [0.15, 0.2) is 42.5 Å². The third-order valence-corrected chi connectivity index (χ3v) is 2.56. The lowest BCUT2D eigenvalue weighted by Gasteiger charge is -2.00. The zero-order valence-corrected chi connectivity index (χ0v) is 9.39. The molecule has 0 aliphatic carbocycles. The molecule has 0 aliphatic heterocycles. The normalized spacial score (nSPS) is 10.7. The van der Waals surface area contributed by atoms with Crippen LogP contribution in [-0.4, -0.2) is 31.0 Å². The molecular weight excluding hydrogens is 230 g/mol. The van der Waals surface area contributed by atoms with Crippen molar-refractivity contribution in [2.45, 2.75) is 6.42 Å². The number of hydrogen-bond acceptors (Lipinski definition) is 5. The van der Waals surface area contributed by atoms with E-state index in [-0.39, 0.29) is 12.2 Å². The maximum Gasteiger partial charge on any atom is 0.199 e. The minimum Gasteiger partial charge on any atom is -0.294 e. The molecule has 88 valence electrons. The van der Waals surface area contributed by atoms with Gasteiger partial charge in [-0.25, -0.2) is 0 Å². The molecule has 0 radical (unpaired) electrons. The number of rotatable bonds is 3. The standard InChI is InChI=1S/C12H9N5O/c18-11(9-4-2-1-3-5-9)8-10-6-7-12-13-15-16-17(12)14-10/h1-7H,8H2. The lowest BCUT2D eigenvalue weighted by atomic mass is 10.1. The molecule has 0 atom stereocenters. The average molecular weight is 239 g/mol. The number of Topliss-reactive ketones (excluding diaryl/α,β-unsaturated/α-hetero) is 1. The highest BCUT2D eigenvalue weighted by atomic mass is 16.1. The Morgan fingerprint density at radius 1 is 1.11 bits per heavy atom. The van der Waals surface area contributed by atoms with Crippen molar-refractivity contribution in [3.63, 3.8) is 0 Å². The minimum atomic E-state index is 0.0236. The summed E-state index contributed by atoms with van der Waals surface area (Å²) < 4.78 is 1.31. The lowest BCUT2D eigenvalue weighted by molar-refractivity contribution is 0.0991. The van der Waals surface area contributed by atoms with Gasteiger partial charge >= 0.3 is 0 Å². The van der Waals surface area contributed by atoms with Crippen molar-refractivity contribution >= 4 is 11.4 Å². The molecule has 0 N–H and O–H groups in total. The number of aromatic nitrogens is 5. The molecule has 0 aliphatic rings. The summed E-state index contributed by atoms with van der Waals surface area (Å²) in [5, 5.41) is 15.1. The SMILES string of the molecule is O=C(Cc1ccc2nnnn2n1)c1ccccc1. The van der Waals surface area contributed by atoms with Gasteiger partial charge in [-0.2, -0.15) is 5.10 Å². The first-order chi connectivity index (χ1) is 8.83.